The summed E-state index contributed by atoms with van der Waals surface area (Å²) < 4.78 is 10.9. The zero-order valence-electron chi connectivity index (χ0n) is 11.1. The van der Waals surface area contributed by atoms with E-state index in [9.17, 15) is 0 Å². The van der Waals surface area contributed by atoms with E-state index in [0.717, 1.165) is 20.9 Å². The Labute approximate surface area is 125 Å². The van der Waals surface area contributed by atoms with Crippen molar-refractivity contribution in [2.45, 2.75) is 26.4 Å². The number of nitrogens with zero attached hydrogens (tertiary/aromatic N) is 2. The summed E-state index contributed by atoms with van der Waals surface area (Å²) in [7, 11) is 1.86. The maximum atomic E-state index is 5.88. The van der Waals surface area contributed by atoms with Gasteiger partial charge < -0.3 is 10.1 Å². The third-order valence-corrected chi connectivity index (χ3v) is 4.02. The normalized spacial score (nSPS) is 10.8. The molecule has 2 rings (SSSR count). The summed E-state index contributed by atoms with van der Waals surface area (Å²) in [4.78, 5) is 0. The summed E-state index contributed by atoms with van der Waals surface area (Å²) in [6, 6.07) is 6.07. The van der Waals surface area contributed by atoms with Gasteiger partial charge in [-0.25, -0.2) is 0 Å². The summed E-state index contributed by atoms with van der Waals surface area (Å²) in [6.07, 6.45) is 0. The topological polar surface area (TPSA) is 47.0 Å². The number of ether oxygens (including phenoxy) is 1. The zero-order valence-corrected chi connectivity index (χ0v) is 13.5. The molecular formula is C13H16BrN3OS. The van der Waals surface area contributed by atoms with Crippen LogP contribution in [0.3, 0.4) is 0 Å². The average molecular weight is 342 g/mol. The van der Waals surface area contributed by atoms with Gasteiger partial charge in [0.2, 0.25) is 0 Å². The summed E-state index contributed by atoms with van der Waals surface area (Å²) in [6.45, 7) is 4.73. The van der Waals surface area contributed by atoms with Crippen LogP contribution in [0.15, 0.2) is 22.7 Å². The van der Waals surface area contributed by atoms with Crippen molar-refractivity contribution in [1.29, 1.82) is 0 Å². The average Bonchev–Trinajstić information content (AvgIpc) is 2.84. The maximum absolute atomic E-state index is 5.88. The molecule has 0 bridgehead atoms. The van der Waals surface area contributed by atoms with Gasteiger partial charge in [0.1, 0.15) is 23.1 Å². The first-order valence-electron chi connectivity index (χ1n) is 6.03. The van der Waals surface area contributed by atoms with Crippen LogP contribution in [0, 0.1) is 0 Å². The number of hydrogen-bond donors (Lipinski definition) is 1. The third-order valence-electron chi connectivity index (χ3n) is 2.74. The molecule has 4 nitrogen and oxygen atoms in total. The largest absolute Gasteiger partial charge is 0.487 e. The molecule has 1 N–H and O–H groups in total. The second-order valence-corrected chi connectivity index (χ2v) is 6.09. The Morgan fingerprint density at radius 2 is 2.21 bits per heavy atom. The van der Waals surface area contributed by atoms with E-state index in [4.69, 9.17) is 4.74 Å². The molecule has 0 saturated carbocycles. The number of halogens is 1. The molecular weight excluding hydrogens is 326 g/mol. The maximum Gasteiger partial charge on any atom is 0.136 e. The lowest BCUT2D eigenvalue weighted by Crippen LogP contribution is -2.02. The van der Waals surface area contributed by atoms with Gasteiger partial charge in [-0.3, -0.25) is 0 Å². The molecule has 6 heteroatoms. The van der Waals surface area contributed by atoms with E-state index in [1.165, 1.54) is 17.1 Å². The van der Waals surface area contributed by atoms with E-state index in [0.29, 0.717) is 12.5 Å². The van der Waals surface area contributed by atoms with Crippen molar-refractivity contribution in [3.8, 4) is 5.75 Å². The first-order chi connectivity index (χ1) is 9.11. The Bertz CT molecular complexity index is 557. The minimum absolute atomic E-state index is 0.407. The highest BCUT2D eigenvalue weighted by Gasteiger charge is 2.11. The van der Waals surface area contributed by atoms with Gasteiger partial charge >= 0.3 is 0 Å². The highest BCUT2D eigenvalue weighted by Crippen LogP contribution is 2.30. The molecule has 0 aliphatic carbocycles. The van der Waals surface area contributed by atoms with Crippen molar-refractivity contribution in [1.82, 2.24) is 9.59 Å². The minimum atomic E-state index is 0.407. The van der Waals surface area contributed by atoms with Gasteiger partial charge in [-0.2, -0.15) is 0 Å². The van der Waals surface area contributed by atoms with Crippen LogP contribution in [0.4, 0.5) is 5.00 Å². The minimum Gasteiger partial charge on any atom is -0.487 e. The van der Waals surface area contributed by atoms with Crippen LogP contribution >= 0.6 is 27.5 Å². The van der Waals surface area contributed by atoms with Gasteiger partial charge in [0.05, 0.1) is 0 Å². The van der Waals surface area contributed by atoms with E-state index in [-0.39, 0.29) is 0 Å². The SMILES string of the molecule is CNc1snnc1COc1ccc(Br)cc1C(C)C. The molecule has 0 spiro atoms. The second-order valence-electron chi connectivity index (χ2n) is 4.42. The van der Waals surface area contributed by atoms with E-state index in [1.54, 1.807) is 0 Å². The lowest BCUT2D eigenvalue weighted by molar-refractivity contribution is 0.297. The van der Waals surface area contributed by atoms with Crippen molar-refractivity contribution in [3.05, 3.63) is 33.9 Å². The fraction of sp³-hybridized carbons (Fsp3) is 0.385. The van der Waals surface area contributed by atoms with Gasteiger partial charge in [0.25, 0.3) is 0 Å². The smallest absolute Gasteiger partial charge is 0.136 e. The number of nitrogens with one attached hydrogen (secondary N) is 1. The summed E-state index contributed by atoms with van der Waals surface area (Å²) in [5.41, 5.74) is 2.02. The van der Waals surface area contributed by atoms with Crippen LogP contribution < -0.4 is 10.1 Å². The van der Waals surface area contributed by atoms with Crippen molar-refractivity contribution in [2.24, 2.45) is 0 Å². The highest BCUT2D eigenvalue weighted by atomic mass is 79.9. The lowest BCUT2D eigenvalue weighted by atomic mass is 10.0. The molecule has 1 heterocycles. The molecule has 0 aliphatic heterocycles. The molecule has 0 fully saturated rings. The number of anilines is 1. The monoisotopic (exact) mass is 341 g/mol. The van der Waals surface area contributed by atoms with Crippen molar-refractivity contribution < 1.29 is 4.74 Å². The molecule has 0 radical (unpaired) electrons. The van der Waals surface area contributed by atoms with Crippen molar-refractivity contribution in [3.63, 3.8) is 0 Å². The van der Waals surface area contributed by atoms with Crippen molar-refractivity contribution in [2.75, 3.05) is 12.4 Å². The van der Waals surface area contributed by atoms with Crippen LogP contribution in [-0.4, -0.2) is 16.6 Å². The first-order valence-corrected chi connectivity index (χ1v) is 7.59. The number of rotatable bonds is 5. The molecule has 102 valence electrons. The zero-order chi connectivity index (χ0) is 13.8. The molecule has 0 saturated heterocycles. The van der Waals surface area contributed by atoms with Gasteiger partial charge in [0.15, 0.2) is 0 Å². The van der Waals surface area contributed by atoms with Gasteiger partial charge in [-0.15, -0.1) is 5.10 Å². The van der Waals surface area contributed by atoms with E-state index < -0.39 is 0 Å². The lowest BCUT2D eigenvalue weighted by Gasteiger charge is -2.14. The number of benzene rings is 1. The Balaban J connectivity index is 2.15. The van der Waals surface area contributed by atoms with Crippen LogP contribution in [-0.2, 0) is 6.61 Å². The van der Waals surface area contributed by atoms with E-state index in [2.05, 4.69) is 50.7 Å². The molecule has 19 heavy (non-hydrogen) atoms. The standard InChI is InChI=1S/C13H16BrN3OS/c1-8(2)10-6-9(14)4-5-12(10)18-7-11-13(15-3)19-17-16-11/h4-6,8,15H,7H2,1-3H3. The Morgan fingerprint density at radius 1 is 1.42 bits per heavy atom. The highest BCUT2D eigenvalue weighted by molar-refractivity contribution is 9.10. The van der Waals surface area contributed by atoms with Gasteiger partial charge in [-0.05, 0) is 29.7 Å². The van der Waals surface area contributed by atoms with Crippen molar-refractivity contribution >= 4 is 32.5 Å². The molecule has 1 aromatic carbocycles. The predicted octanol–water partition coefficient (Wildman–Crippen LogP) is 4.04. The predicted molar refractivity (Wildman–Crippen MR) is 82.0 cm³/mol. The molecule has 0 unspecified atom stereocenters. The molecule has 0 amide bonds. The first kappa shape index (κ1) is 14.3. The number of hydrogen-bond acceptors (Lipinski definition) is 5. The molecule has 0 atom stereocenters. The molecule has 0 aliphatic rings. The van der Waals surface area contributed by atoms with Crippen LogP contribution in [0.2, 0.25) is 0 Å². The van der Waals surface area contributed by atoms with E-state index >= 15 is 0 Å². The van der Waals surface area contributed by atoms with Gasteiger partial charge in [0, 0.05) is 23.1 Å². The van der Waals surface area contributed by atoms with Crippen LogP contribution in [0.25, 0.3) is 0 Å². The quantitative estimate of drug-likeness (QED) is 0.891. The fourth-order valence-corrected chi connectivity index (χ4v) is 2.64. The fourth-order valence-electron chi connectivity index (χ4n) is 1.74. The Morgan fingerprint density at radius 3 is 2.89 bits per heavy atom. The third kappa shape index (κ3) is 3.45. The summed E-state index contributed by atoms with van der Waals surface area (Å²) >= 11 is 4.83. The summed E-state index contributed by atoms with van der Waals surface area (Å²) in [5, 5.41) is 8.08. The second kappa shape index (κ2) is 6.34. The Hall–Kier alpha value is -1.14. The van der Waals surface area contributed by atoms with E-state index in [1.807, 2.05) is 19.2 Å². The van der Waals surface area contributed by atoms with Gasteiger partial charge in [-0.1, -0.05) is 34.3 Å². The Kier molecular flexibility index (Phi) is 4.76. The van der Waals surface area contributed by atoms with Crippen LogP contribution in [0.5, 0.6) is 5.75 Å². The van der Waals surface area contributed by atoms with Crippen LogP contribution in [0.1, 0.15) is 31.0 Å². The number of aromatic nitrogens is 2. The molecule has 1 aromatic heterocycles. The molecule has 2 aromatic rings. The summed E-state index contributed by atoms with van der Waals surface area (Å²) in [5.74, 6) is 1.30.